The summed E-state index contributed by atoms with van der Waals surface area (Å²) < 4.78 is 11.7. The van der Waals surface area contributed by atoms with Crippen molar-refractivity contribution in [1.82, 2.24) is 4.90 Å². The number of hydrogen-bond acceptors (Lipinski definition) is 7. The van der Waals surface area contributed by atoms with Crippen molar-refractivity contribution >= 4 is 46.3 Å². The van der Waals surface area contributed by atoms with Crippen molar-refractivity contribution in [2.45, 2.75) is 6.61 Å². The van der Waals surface area contributed by atoms with Gasteiger partial charge in [-0.3, -0.25) is 9.69 Å². The van der Waals surface area contributed by atoms with Crippen LogP contribution in [0.5, 0.6) is 0 Å². The van der Waals surface area contributed by atoms with Crippen LogP contribution in [0.1, 0.15) is 27.2 Å². The molecule has 0 N–H and O–H groups in total. The number of likely N-dealkylation sites (N-methyl/N-ethyl adjacent to an activating group) is 1. The van der Waals surface area contributed by atoms with Crippen LogP contribution in [0, 0.1) is 11.3 Å². The Morgan fingerprint density at radius 1 is 1.19 bits per heavy atom. The van der Waals surface area contributed by atoms with E-state index in [0.29, 0.717) is 37.4 Å². The number of esters is 1. The van der Waals surface area contributed by atoms with E-state index in [0.717, 1.165) is 5.56 Å². The maximum atomic E-state index is 12.4. The second kappa shape index (κ2) is 9.22. The van der Waals surface area contributed by atoms with Crippen LogP contribution in [0.15, 0.2) is 70.0 Å². The fourth-order valence-electron chi connectivity index (χ4n) is 3.01. The molecule has 1 saturated heterocycles. The average Bonchev–Trinajstić information content (AvgIpc) is 3.38. The van der Waals surface area contributed by atoms with Gasteiger partial charge in [-0.25, -0.2) is 4.79 Å². The Bertz CT molecular complexity index is 1290. The lowest BCUT2D eigenvalue weighted by atomic mass is 10.1. The van der Waals surface area contributed by atoms with Gasteiger partial charge in [0.1, 0.15) is 22.4 Å². The van der Waals surface area contributed by atoms with E-state index < -0.39 is 5.97 Å². The minimum Gasteiger partial charge on any atom is -0.457 e. The van der Waals surface area contributed by atoms with Gasteiger partial charge in [0.15, 0.2) is 0 Å². The standard InChI is InChI=1S/C24H16N2O4S2/c1-26-22(27)21(32-24(26)31)12-19-10-11-20(30-19)15-6-8-16(9-7-15)23(28)29-14-18-5-3-2-4-17(18)13-25/h2-12H,14H2,1H3/b21-12-. The number of carbonyl (C=O) groups is 2. The van der Waals surface area contributed by atoms with Gasteiger partial charge in [0.2, 0.25) is 0 Å². The molecule has 1 amide bonds. The molecule has 8 heteroatoms. The molecule has 32 heavy (non-hydrogen) atoms. The maximum absolute atomic E-state index is 12.4. The predicted octanol–water partition coefficient (Wildman–Crippen LogP) is 5.01. The van der Waals surface area contributed by atoms with Gasteiger partial charge in [0, 0.05) is 24.3 Å². The third-order valence-electron chi connectivity index (χ3n) is 4.79. The van der Waals surface area contributed by atoms with E-state index in [-0.39, 0.29) is 12.5 Å². The summed E-state index contributed by atoms with van der Waals surface area (Å²) in [5.74, 6) is 0.504. The first-order valence-electron chi connectivity index (χ1n) is 9.53. The first kappa shape index (κ1) is 21.6. The Hall–Kier alpha value is -3.67. The number of thiocarbonyl (C=S) groups is 1. The minimum atomic E-state index is -0.481. The molecule has 0 unspecified atom stereocenters. The van der Waals surface area contributed by atoms with Gasteiger partial charge >= 0.3 is 5.97 Å². The Balaban J connectivity index is 1.43. The molecule has 0 saturated carbocycles. The number of nitrogens with zero attached hydrogens (tertiary/aromatic N) is 2. The smallest absolute Gasteiger partial charge is 0.338 e. The number of benzene rings is 2. The van der Waals surface area contributed by atoms with Crippen molar-refractivity contribution in [2.75, 3.05) is 7.05 Å². The third kappa shape index (κ3) is 4.49. The van der Waals surface area contributed by atoms with Gasteiger partial charge in [-0.15, -0.1) is 0 Å². The molecule has 1 aliphatic rings. The Morgan fingerprint density at radius 3 is 2.62 bits per heavy atom. The van der Waals surface area contributed by atoms with Crippen molar-refractivity contribution in [3.05, 3.63) is 88.0 Å². The molecule has 1 fully saturated rings. The maximum Gasteiger partial charge on any atom is 0.338 e. The molecule has 0 radical (unpaired) electrons. The normalized spacial score (nSPS) is 14.6. The molecule has 0 bridgehead atoms. The highest BCUT2D eigenvalue weighted by Crippen LogP contribution is 2.32. The van der Waals surface area contributed by atoms with E-state index in [4.69, 9.17) is 26.6 Å². The lowest BCUT2D eigenvalue weighted by Gasteiger charge is -2.07. The molecular formula is C24H16N2O4S2. The summed E-state index contributed by atoms with van der Waals surface area (Å²) in [6.45, 7) is 0.0237. The molecular weight excluding hydrogens is 444 g/mol. The number of thioether (sulfide) groups is 1. The van der Waals surface area contributed by atoms with Crippen molar-refractivity contribution < 1.29 is 18.7 Å². The molecule has 1 aromatic heterocycles. The largest absolute Gasteiger partial charge is 0.457 e. The fraction of sp³-hybridized carbons (Fsp3) is 0.0833. The van der Waals surface area contributed by atoms with Gasteiger partial charge < -0.3 is 9.15 Å². The molecule has 0 spiro atoms. The highest BCUT2D eigenvalue weighted by molar-refractivity contribution is 8.26. The molecule has 0 atom stereocenters. The molecule has 1 aliphatic heterocycles. The van der Waals surface area contributed by atoms with Crippen molar-refractivity contribution in [2.24, 2.45) is 0 Å². The summed E-state index contributed by atoms with van der Waals surface area (Å²) in [4.78, 5) is 26.4. The van der Waals surface area contributed by atoms with Crippen LogP contribution in [0.2, 0.25) is 0 Å². The van der Waals surface area contributed by atoms with E-state index in [2.05, 4.69) is 6.07 Å². The van der Waals surface area contributed by atoms with Crippen LogP contribution in [0.3, 0.4) is 0 Å². The average molecular weight is 461 g/mol. The summed E-state index contributed by atoms with van der Waals surface area (Å²) in [5, 5.41) is 9.13. The number of nitriles is 1. The van der Waals surface area contributed by atoms with Crippen molar-refractivity contribution in [3.63, 3.8) is 0 Å². The zero-order chi connectivity index (χ0) is 22.7. The van der Waals surface area contributed by atoms with E-state index in [9.17, 15) is 9.59 Å². The fourth-order valence-corrected chi connectivity index (χ4v) is 4.17. The second-order valence-electron chi connectivity index (χ2n) is 6.87. The van der Waals surface area contributed by atoms with Crippen LogP contribution in [0.4, 0.5) is 0 Å². The number of amides is 1. The second-order valence-corrected chi connectivity index (χ2v) is 8.54. The molecule has 4 rings (SSSR count). The topological polar surface area (TPSA) is 83.5 Å². The molecule has 2 aromatic carbocycles. The highest BCUT2D eigenvalue weighted by Gasteiger charge is 2.29. The zero-order valence-electron chi connectivity index (χ0n) is 16.9. The summed E-state index contributed by atoms with van der Waals surface area (Å²) in [7, 11) is 1.64. The molecule has 0 aliphatic carbocycles. The quantitative estimate of drug-likeness (QED) is 0.301. The van der Waals surface area contributed by atoms with Crippen molar-refractivity contribution in [3.8, 4) is 17.4 Å². The highest BCUT2D eigenvalue weighted by atomic mass is 32.2. The lowest BCUT2D eigenvalue weighted by molar-refractivity contribution is -0.121. The van der Waals surface area contributed by atoms with Gasteiger partial charge in [-0.05, 0) is 30.3 Å². The predicted molar refractivity (Wildman–Crippen MR) is 125 cm³/mol. The number of rotatable bonds is 5. The first-order chi connectivity index (χ1) is 15.5. The number of ether oxygens (including phenoxy) is 1. The van der Waals surface area contributed by atoms with Crippen LogP contribution in [-0.2, 0) is 16.1 Å². The van der Waals surface area contributed by atoms with E-state index in [1.165, 1.54) is 16.7 Å². The van der Waals surface area contributed by atoms with E-state index in [1.54, 1.807) is 73.8 Å². The Morgan fingerprint density at radius 2 is 1.94 bits per heavy atom. The number of furan rings is 1. The van der Waals surface area contributed by atoms with Gasteiger partial charge in [0.25, 0.3) is 5.91 Å². The molecule has 3 aromatic rings. The van der Waals surface area contributed by atoms with Gasteiger partial charge in [-0.1, -0.05) is 54.3 Å². The van der Waals surface area contributed by atoms with Crippen molar-refractivity contribution in [1.29, 1.82) is 5.26 Å². The van der Waals surface area contributed by atoms with Crippen LogP contribution < -0.4 is 0 Å². The molecule has 6 nitrogen and oxygen atoms in total. The van der Waals surface area contributed by atoms with Gasteiger partial charge in [-0.2, -0.15) is 5.26 Å². The Labute approximate surface area is 194 Å². The van der Waals surface area contributed by atoms with Gasteiger partial charge in [0.05, 0.1) is 22.1 Å². The lowest BCUT2D eigenvalue weighted by Crippen LogP contribution is -2.22. The number of hydrogen-bond donors (Lipinski definition) is 0. The van der Waals surface area contributed by atoms with Crippen LogP contribution >= 0.6 is 24.0 Å². The monoisotopic (exact) mass is 460 g/mol. The minimum absolute atomic E-state index is 0.0237. The molecule has 158 valence electrons. The first-order valence-corrected chi connectivity index (χ1v) is 10.8. The SMILES string of the molecule is CN1C(=O)/C(=C/c2ccc(-c3ccc(C(=O)OCc4ccccc4C#N)cc3)o2)SC1=S. The summed E-state index contributed by atoms with van der Waals surface area (Å²) in [6, 6.07) is 19.5. The summed E-state index contributed by atoms with van der Waals surface area (Å²) in [5.41, 5.74) is 2.30. The third-order valence-corrected chi connectivity index (χ3v) is 6.27. The zero-order valence-corrected chi connectivity index (χ0v) is 18.5. The van der Waals surface area contributed by atoms with Crippen LogP contribution in [0.25, 0.3) is 17.4 Å². The van der Waals surface area contributed by atoms with Crippen LogP contribution in [-0.4, -0.2) is 28.1 Å². The summed E-state index contributed by atoms with van der Waals surface area (Å²) >= 11 is 6.36. The molecule has 2 heterocycles. The van der Waals surface area contributed by atoms with E-state index in [1.807, 2.05) is 0 Å². The Kier molecular flexibility index (Phi) is 6.21. The summed E-state index contributed by atoms with van der Waals surface area (Å²) in [6.07, 6.45) is 1.66. The van der Waals surface area contributed by atoms with E-state index >= 15 is 0 Å². The number of carbonyl (C=O) groups excluding carboxylic acids is 2.